The summed E-state index contributed by atoms with van der Waals surface area (Å²) in [5, 5.41) is 31.0. The average molecular weight is 623 g/mol. The summed E-state index contributed by atoms with van der Waals surface area (Å²) in [6, 6.07) is 17.8. The van der Waals surface area contributed by atoms with Crippen molar-refractivity contribution >= 4 is 22.7 Å². The SMILES string of the molecule is CC.CC.CCCc1cc(N(CC(F)(F)F)c2ccc(-c3ccc4c(c3)NC=C(/N=[N+](/C)[O-])N4)cc2)cc(C#N)c1OC1CC1. The summed E-state index contributed by atoms with van der Waals surface area (Å²) < 4.78 is 47.4. The first-order chi connectivity index (χ1) is 21.6. The van der Waals surface area contributed by atoms with Gasteiger partial charge in [-0.15, -0.1) is 0 Å². The summed E-state index contributed by atoms with van der Waals surface area (Å²) in [5.74, 6) is 0.847. The molecule has 240 valence electrons. The van der Waals surface area contributed by atoms with Crippen molar-refractivity contribution in [3.05, 3.63) is 83.0 Å². The molecule has 0 atom stereocenters. The van der Waals surface area contributed by atoms with Crippen molar-refractivity contribution in [2.24, 2.45) is 5.11 Å². The van der Waals surface area contributed by atoms with E-state index in [4.69, 9.17) is 4.74 Å². The minimum Gasteiger partial charge on any atom is -0.600 e. The number of aryl methyl sites for hydroxylation is 1. The number of ether oxygens (including phenoxy) is 1. The number of nitrogens with zero attached hydrogens (tertiary/aromatic N) is 4. The largest absolute Gasteiger partial charge is 0.600 e. The van der Waals surface area contributed by atoms with E-state index < -0.39 is 12.7 Å². The third-order valence-corrected chi connectivity index (χ3v) is 6.66. The first-order valence-electron chi connectivity index (χ1n) is 15.3. The Labute approximate surface area is 263 Å². The molecule has 1 heterocycles. The van der Waals surface area contributed by atoms with E-state index in [1.165, 1.54) is 18.0 Å². The van der Waals surface area contributed by atoms with Gasteiger partial charge in [-0.05, 0) is 72.4 Å². The fourth-order valence-electron chi connectivity index (χ4n) is 4.68. The molecule has 0 amide bonds. The number of benzene rings is 3. The first kappa shape index (κ1) is 34.8. The zero-order chi connectivity index (χ0) is 33.1. The predicted molar refractivity (Wildman–Crippen MR) is 174 cm³/mol. The van der Waals surface area contributed by atoms with Crippen LogP contribution in [0, 0.1) is 16.5 Å². The Kier molecular flexibility index (Phi) is 12.2. The average Bonchev–Trinajstić information content (AvgIpc) is 3.86. The van der Waals surface area contributed by atoms with Crippen LogP contribution in [0.5, 0.6) is 5.75 Å². The number of hydrogen-bond donors (Lipinski definition) is 2. The number of alkyl halides is 3. The van der Waals surface area contributed by atoms with Gasteiger partial charge in [-0.1, -0.05) is 64.1 Å². The van der Waals surface area contributed by atoms with Crippen LogP contribution in [-0.4, -0.2) is 30.7 Å². The highest BCUT2D eigenvalue weighted by atomic mass is 19.4. The highest BCUT2D eigenvalue weighted by Crippen LogP contribution is 2.39. The van der Waals surface area contributed by atoms with Gasteiger partial charge < -0.3 is 25.5 Å². The molecule has 1 fully saturated rings. The number of rotatable bonds is 9. The van der Waals surface area contributed by atoms with Crippen LogP contribution >= 0.6 is 0 Å². The summed E-state index contributed by atoms with van der Waals surface area (Å²) in [7, 11) is 1.28. The van der Waals surface area contributed by atoms with E-state index in [9.17, 15) is 23.6 Å². The summed E-state index contributed by atoms with van der Waals surface area (Å²) in [4.78, 5) is 1.64. The van der Waals surface area contributed by atoms with Crippen LogP contribution in [-0.2, 0) is 6.42 Å². The quantitative estimate of drug-likeness (QED) is 0.140. The van der Waals surface area contributed by atoms with E-state index in [1.807, 2.05) is 52.8 Å². The number of nitrogens with one attached hydrogen (secondary N) is 2. The second-order valence-electron chi connectivity index (χ2n) is 10.0. The minimum absolute atomic E-state index is 0.0598. The number of azo groups is 1. The lowest BCUT2D eigenvalue weighted by molar-refractivity contribution is -0.495. The van der Waals surface area contributed by atoms with Gasteiger partial charge in [0.15, 0.2) is 7.05 Å². The van der Waals surface area contributed by atoms with Gasteiger partial charge >= 0.3 is 6.18 Å². The molecule has 1 aliphatic heterocycles. The zero-order valence-corrected chi connectivity index (χ0v) is 26.6. The second kappa shape index (κ2) is 15.8. The van der Waals surface area contributed by atoms with E-state index >= 15 is 0 Å². The Balaban J connectivity index is 0.00000133. The molecule has 8 nitrogen and oxygen atoms in total. The maximum atomic E-state index is 13.8. The van der Waals surface area contributed by atoms with E-state index in [-0.39, 0.29) is 11.7 Å². The molecule has 1 saturated carbocycles. The van der Waals surface area contributed by atoms with Gasteiger partial charge in [0.25, 0.3) is 0 Å². The van der Waals surface area contributed by atoms with Crippen molar-refractivity contribution in [1.82, 2.24) is 0 Å². The van der Waals surface area contributed by atoms with Crippen molar-refractivity contribution in [3.63, 3.8) is 0 Å². The van der Waals surface area contributed by atoms with Gasteiger partial charge in [0, 0.05) is 16.5 Å². The lowest BCUT2D eigenvalue weighted by Gasteiger charge is -2.28. The Morgan fingerprint density at radius 2 is 1.67 bits per heavy atom. The molecule has 2 aliphatic rings. The van der Waals surface area contributed by atoms with Crippen molar-refractivity contribution in [2.75, 3.05) is 29.1 Å². The molecule has 11 heteroatoms. The van der Waals surface area contributed by atoms with Crippen LogP contribution in [0.4, 0.5) is 35.9 Å². The zero-order valence-electron chi connectivity index (χ0n) is 26.6. The number of nitriles is 1. The molecule has 2 N–H and O–H groups in total. The molecular weight excluding hydrogens is 581 g/mol. The molecule has 3 aromatic rings. The molecule has 0 radical (unpaired) electrons. The van der Waals surface area contributed by atoms with E-state index in [0.717, 1.165) is 47.3 Å². The van der Waals surface area contributed by atoms with Gasteiger partial charge in [-0.3, -0.25) is 0 Å². The smallest absolute Gasteiger partial charge is 0.406 e. The number of halogens is 3. The highest BCUT2D eigenvalue weighted by Gasteiger charge is 2.33. The fraction of sp³-hybridized carbons (Fsp3) is 0.382. The van der Waals surface area contributed by atoms with E-state index in [0.29, 0.717) is 34.2 Å². The van der Waals surface area contributed by atoms with Gasteiger partial charge in [-0.25, -0.2) is 0 Å². The Morgan fingerprint density at radius 3 is 2.24 bits per heavy atom. The highest BCUT2D eigenvalue weighted by molar-refractivity contribution is 5.81. The van der Waals surface area contributed by atoms with Crippen LogP contribution in [0.2, 0.25) is 0 Å². The normalized spacial score (nSPS) is 13.7. The van der Waals surface area contributed by atoms with Crippen LogP contribution in [0.25, 0.3) is 11.1 Å². The number of fused-ring (bicyclic) bond motifs is 1. The van der Waals surface area contributed by atoms with Crippen molar-refractivity contribution in [3.8, 4) is 22.9 Å². The summed E-state index contributed by atoms with van der Waals surface area (Å²) >= 11 is 0. The van der Waals surface area contributed by atoms with Crippen LogP contribution in [0.3, 0.4) is 0 Å². The van der Waals surface area contributed by atoms with Gasteiger partial charge in [-0.2, -0.15) is 18.4 Å². The Morgan fingerprint density at radius 1 is 1.00 bits per heavy atom. The number of anilines is 4. The Hall–Kier alpha value is -4.72. The van der Waals surface area contributed by atoms with Gasteiger partial charge in [0.1, 0.15) is 18.4 Å². The number of hydrogen-bond acceptors (Lipinski definition) is 7. The number of hydroxylamine groups is 1. The van der Waals surface area contributed by atoms with Crippen molar-refractivity contribution in [1.29, 1.82) is 5.26 Å². The molecule has 0 spiro atoms. The maximum absolute atomic E-state index is 13.8. The maximum Gasteiger partial charge on any atom is 0.406 e. The molecule has 0 unspecified atom stereocenters. The Bertz CT molecular complexity index is 1540. The van der Waals surface area contributed by atoms with Crippen molar-refractivity contribution in [2.45, 2.75) is 72.6 Å². The third kappa shape index (κ3) is 9.38. The fourth-order valence-corrected chi connectivity index (χ4v) is 4.68. The molecular formula is C34H41F3N6O2. The topological polar surface area (TPSA) is 98.8 Å². The van der Waals surface area contributed by atoms with Gasteiger partial charge in [0.2, 0.25) is 5.82 Å². The first-order valence-corrected chi connectivity index (χ1v) is 15.3. The molecule has 45 heavy (non-hydrogen) atoms. The van der Waals surface area contributed by atoms with Gasteiger partial charge in [0.05, 0.1) is 29.2 Å². The van der Waals surface area contributed by atoms with Crippen molar-refractivity contribution < 1.29 is 22.8 Å². The monoisotopic (exact) mass is 622 g/mol. The lowest BCUT2D eigenvalue weighted by atomic mass is 10.0. The molecule has 1 aliphatic carbocycles. The van der Waals surface area contributed by atoms with E-state index in [2.05, 4.69) is 21.8 Å². The van der Waals surface area contributed by atoms with Crippen LogP contribution < -0.4 is 20.3 Å². The summed E-state index contributed by atoms with van der Waals surface area (Å²) in [6.45, 7) is 8.77. The lowest BCUT2D eigenvalue weighted by Crippen LogP contribution is -2.30. The van der Waals surface area contributed by atoms with Crippen LogP contribution in [0.15, 0.2) is 71.7 Å². The molecule has 0 aromatic heterocycles. The molecule has 0 bridgehead atoms. The summed E-state index contributed by atoms with van der Waals surface area (Å²) in [5.41, 5.74) is 4.76. The minimum atomic E-state index is -4.48. The van der Waals surface area contributed by atoms with Crippen LogP contribution in [0.1, 0.15) is 65.0 Å². The predicted octanol–water partition coefficient (Wildman–Crippen LogP) is 9.70. The summed E-state index contributed by atoms with van der Waals surface area (Å²) in [6.07, 6.45) is 0.323. The third-order valence-electron chi connectivity index (χ3n) is 6.66. The molecule has 5 rings (SSSR count). The molecule has 0 saturated heterocycles. The standard InChI is InChI=1S/C30H29F3N6O2.2C2H6/c1-3-4-21-13-24(14-22(16-34)29(21)41-25-10-11-25)39(18-30(31,32)33)23-8-5-19(6-9-23)20-7-12-26-27(15-20)35-17-28(36-26)37-38(2)40;2*1-2/h5-9,12-15,17,25,35-36H,3-4,10-11,18H2,1-2H3;2*1-2H3/b38-37-;;. The second-order valence-corrected chi connectivity index (χ2v) is 10.0. The molecule has 3 aromatic carbocycles. The van der Waals surface area contributed by atoms with E-state index in [1.54, 1.807) is 36.5 Å².